The van der Waals surface area contributed by atoms with Crippen molar-refractivity contribution in [2.24, 2.45) is 0 Å². The summed E-state index contributed by atoms with van der Waals surface area (Å²) in [5, 5.41) is 8.40. The zero-order chi connectivity index (χ0) is 9.84. The lowest BCUT2D eigenvalue weighted by Crippen LogP contribution is -2.04. The van der Waals surface area contributed by atoms with Crippen LogP contribution < -0.4 is 4.74 Å². The Morgan fingerprint density at radius 1 is 1.54 bits per heavy atom. The zero-order valence-corrected chi connectivity index (χ0v) is 7.70. The number of hydrogen-bond acceptors (Lipinski definition) is 2. The van der Waals surface area contributed by atoms with Gasteiger partial charge < -0.3 is 9.84 Å². The average molecular weight is 180 g/mol. The van der Waals surface area contributed by atoms with E-state index in [2.05, 4.69) is 4.74 Å². The molecule has 0 atom stereocenters. The van der Waals surface area contributed by atoms with Gasteiger partial charge in [-0.3, -0.25) is 0 Å². The standard InChI is InChI=1S/C10H12O3/c1-3-8-4-5-9(7(2)6-8)13-10(11)12/h4-6H,3H2,1-2H3,(H,11,12). The minimum absolute atomic E-state index is 0.407. The Morgan fingerprint density at radius 3 is 2.69 bits per heavy atom. The highest BCUT2D eigenvalue weighted by molar-refractivity contribution is 5.62. The highest BCUT2D eigenvalue weighted by atomic mass is 16.7. The number of carboxylic acid groups (broad SMARTS) is 1. The summed E-state index contributed by atoms with van der Waals surface area (Å²) in [4.78, 5) is 10.3. The van der Waals surface area contributed by atoms with Crippen LogP contribution in [0.15, 0.2) is 18.2 Å². The summed E-state index contributed by atoms with van der Waals surface area (Å²) in [6.07, 6.45) is -0.332. The lowest BCUT2D eigenvalue weighted by atomic mass is 10.1. The van der Waals surface area contributed by atoms with Crippen molar-refractivity contribution < 1.29 is 14.6 Å². The van der Waals surface area contributed by atoms with E-state index in [1.807, 2.05) is 26.0 Å². The normalized spacial score (nSPS) is 9.69. The number of rotatable bonds is 2. The molecule has 0 heterocycles. The molecule has 0 bridgehead atoms. The van der Waals surface area contributed by atoms with Gasteiger partial charge in [-0.05, 0) is 30.5 Å². The van der Waals surface area contributed by atoms with Crippen molar-refractivity contribution in [1.29, 1.82) is 0 Å². The van der Waals surface area contributed by atoms with Gasteiger partial charge in [-0.1, -0.05) is 19.1 Å². The molecular weight excluding hydrogens is 168 g/mol. The summed E-state index contributed by atoms with van der Waals surface area (Å²) in [5.74, 6) is 0.407. The predicted molar refractivity (Wildman–Crippen MR) is 49.2 cm³/mol. The van der Waals surface area contributed by atoms with Crippen LogP contribution in [0.1, 0.15) is 18.1 Å². The van der Waals surface area contributed by atoms with Crippen molar-refractivity contribution in [2.45, 2.75) is 20.3 Å². The maximum absolute atomic E-state index is 10.3. The van der Waals surface area contributed by atoms with Gasteiger partial charge in [-0.15, -0.1) is 0 Å². The second-order valence-electron chi connectivity index (χ2n) is 2.82. The topological polar surface area (TPSA) is 46.5 Å². The van der Waals surface area contributed by atoms with Gasteiger partial charge in [-0.2, -0.15) is 0 Å². The molecule has 0 aliphatic rings. The van der Waals surface area contributed by atoms with Gasteiger partial charge in [0.2, 0.25) is 0 Å². The molecule has 0 amide bonds. The van der Waals surface area contributed by atoms with Gasteiger partial charge in [-0.25, -0.2) is 4.79 Å². The third-order valence-corrected chi connectivity index (χ3v) is 1.84. The summed E-state index contributed by atoms with van der Waals surface area (Å²) in [5.41, 5.74) is 2.02. The lowest BCUT2D eigenvalue weighted by Gasteiger charge is -2.05. The van der Waals surface area contributed by atoms with Crippen molar-refractivity contribution >= 4 is 6.16 Å². The first kappa shape index (κ1) is 9.58. The minimum atomic E-state index is -1.27. The number of aryl methyl sites for hydroxylation is 2. The fourth-order valence-corrected chi connectivity index (χ4v) is 1.14. The largest absolute Gasteiger partial charge is 0.511 e. The number of benzene rings is 1. The minimum Gasteiger partial charge on any atom is -0.449 e. The quantitative estimate of drug-likeness (QED) is 0.562. The van der Waals surface area contributed by atoms with Crippen molar-refractivity contribution in [1.82, 2.24) is 0 Å². The molecule has 3 nitrogen and oxygen atoms in total. The Labute approximate surface area is 77.0 Å². The van der Waals surface area contributed by atoms with E-state index in [0.717, 1.165) is 12.0 Å². The number of carbonyl (C=O) groups is 1. The van der Waals surface area contributed by atoms with Crippen LogP contribution in [0.3, 0.4) is 0 Å². The van der Waals surface area contributed by atoms with Gasteiger partial charge in [0.15, 0.2) is 0 Å². The molecule has 0 saturated heterocycles. The first-order valence-corrected chi connectivity index (χ1v) is 4.13. The number of hydrogen-bond donors (Lipinski definition) is 1. The molecule has 0 radical (unpaired) electrons. The maximum atomic E-state index is 10.3. The van der Waals surface area contributed by atoms with E-state index in [-0.39, 0.29) is 0 Å². The molecule has 0 aliphatic carbocycles. The van der Waals surface area contributed by atoms with E-state index in [1.54, 1.807) is 6.07 Å². The molecular formula is C10H12O3. The van der Waals surface area contributed by atoms with E-state index >= 15 is 0 Å². The molecule has 0 aromatic heterocycles. The van der Waals surface area contributed by atoms with Gasteiger partial charge >= 0.3 is 6.16 Å². The summed E-state index contributed by atoms with van der Waals surface area (Å²) in [6.45, 7) is 3.88. The fourth-order valence-electron chi connectivity index (χ4n) is 1.14. The van der Waals surface area contributed by atoms with E-state index in [9.17, 15) is 4.79 Å². The van der Waals surface area contributed by atoms with Crippen LogP contribution in [0.5, 0.6) is 5.75 Å². The molecule has 1 aromatic carbocycles. The van der Waals surface area contributed by atoms with Crippen LogP contribution in [0.25, 0.3) is 0 Å². The Kier molecular flexibility index (Phi) is 2.90. The Morgan fingerprint density at radius 2 is 2.23 bits per heavy atom. The maximum Gasteiger partial charge on any atom is 0.511 e. The van der Waals surface area contributed by atoms with Gasteiger partial charge in [0.05, 0.1) is 0 Å². The molecule has 13 heavy (non-hydrogen) atoms. The first-order chi connectivity index (χ1) is 6.13. The molecule has 3 heteroatoms. The van der Waals surface area contributed by atoms with Gasteiger partial charge in [0, 0.05) is 0 Å². The third kappa shape index (κ3) is 2.47. The van der Waals surface area contributed by atoms with Crippen molar-refractivity contribution in [3.8, 4) is 5.75 Å². The second-order valence-corrected chi connectivity index (χ2v) is 2.82. The Balaban J connectivity index is 2.91. The van der Waals surface area contributed by atoms with Crippen molar-refractivity contribution in [2.75, 3.05) is 0 Å². The summed E-state index contributed by atoms with van der Waals surface area (Å²) in [6, 6.07) is 5.48. The monoisotopic (exact) mass is 180 g/mol. The molecule has 70 valence electrons. The summed E-state index contributed by atoms with van der Waals surface area (Å²) in [7, 11) is 0. The van der Waals surface area contributed by atoms with Crippen LogP contribution in [0.2, 0.25) is 0 Å². The third-order valence-electron chi connectivity index (χ3n) is 1.84. The second kappa shape index (κ2) is 3.94. The molecule has 1 rings (SSSR count). The SMILES string of the molecule is CCc1ccc(OC(=O)O)c(C)c1. The van der Waals surface area contributed by atoms with Crippen molar-refractivity contribution in [3.63, 3.8) is 0 Å². The van der Waals surface area contributed by atoms with Crippen LogP contribution in [-0.2, 0) is 6.42 Å². The average Bonchev–Trinajstić information content (AvgIpc) is 2.08. The van der Waals surface area contributed by atoms with Crippen LogP contribution in [0, 0.1) is 6.92 Å². The zero-order valence-electron chi connectivity index (χ0n) is 7.70. The molecule has 0 aliphatic heterocycles. The summed E-state index contributed by atoms with van der Waals surface area (Å²) >= 11 is 0. The summed E-state index contributed by atoms with van der Waals surface area (Å²) < 4.78 is 4.56. The van der Waals surface area contributed by atoms with Crippen LogP contribution >= 0.6 is 0 Å². The number of ether oxygens (including phenoxy) is 1. The van der Waals surface area contributed by atoms with Gasteiger partial charge in [0.1, 0.15) is 5.75 Å². The Hall–Kier alpha value is -1.51. The predicted octanol–water partition coefficient (Wildman–Crippen LogP) is 2.61. The van der Waals surface area contributed by atoms with E-state index in [4.69, 9.17) is 5.11 Å². The van der Waals surface area contributed by atoms with Crippen LogP contribution in [-0.4, -0.2) is 11.3 Å². The molecule has 1 N–H and O–H groups in total. The molecule has 0 unspecified atom stereocenters. The Bertz CT molecular complexity index is 318. The first-order valence-electron chi connectivity index (χ1n) is 4.13. The molecule has 1 aromatic rings. The van der Waals surface area contributed by atoms with Gasteiger partial charge in [0.25, 0.3) is 0 Å². The molecule has 0 saturated carbocycles. The van der Waals surface area contributed by atoms with E-state index < -0.39 is 6.16 Å². The smallest absolute Gasteiger partial charge is 0.449 e. The lowest BCUT2D eigenvalue weighted by molar-refractivity contribution is 0.144. The van der Waals surface area contributed by atoms with Crippen LogP contribution in [0.4, 0.5) is 4.79 Å². The fraction of sp³-hybridized carbons (Fsp3) is 0.300. The molecule has 0 spiro atoms. The van der Waals surface area contributed by atoms with E-state index in [0.29, 0.717) is 5.75 Å². The highest BCUT2D eigenvalue weighted by Gasteiger charge is 2.04. The van der Waals surface area contributed by atoms with Crippen molar-refractivity contribution in [3.05, 3.63) is 29.3 Å². The highest BCUT2D eigenvalue weighted by Crippen LogP contribution is 2.19. The molecule has 0 fully saturated rings. The van der Waals surface area contributed by atoms with E-state index in [1.165, 1.54) is 5.56 Å².